The minimum Gasteiger partial charge on any atom is -0.388 e. The van der Waals surface area contributed by atoms with Gasteiger partial charge in [-0.2, -0.15) is 0 Å². The second-order valence-corrected chi connectivity index (χ2v) is 9.13. The molecule has 0 aromatic heterocycles. The minimum atomic E-state index is -2.96. The van der Waals surface area contributed by atoms with Gasteiger partial charge in [-0.3, -0.25) is 0 Å². The van der Waals surface area contributed by atoms with Crippen molar-refractivity contribution in [3.05, 3.63) is 108 Å². The fraction of sp³-hybridized carbons (Fsp3) is 0.143. The molecule has 3 aromatic carbocycles. The lowest BCUT2D eigenvalue weighted by Crippen LogP contribution is -2.35. The third-order valence-corrected chi connectivity index (χ3v) is 6.35. The molecule has 1 nitrogen and oxygen atoms in total. The largest absolute Gasteiger partial charge is 0.438 e. The fourth-order valence-corrected chi connectivity index (χ4v) is 4.43. The summed E-state index contributed by atoms with van der Waals surface area (Å²) in [7, 11) is -2.96. The van der Waals surface area contributed by atoms with Crippen LogP contribution >= 0.6 is 0 Å². The summed E-state index contributed by atoms with van der Waals surface area (Å²) in [6.45, 7) is 2.76. The molecule has 0 unspecified atom stereocenters. The molecule has 0 aliphatic carbocycles. The van der Waals surface area contributed by atoms with Crippen LogP contribution in [0.2, 0.25) is 0 Å². The van der Waals surface area contributed by atoms with Crippen molar-refractivity contribution in [1.29, 1.82) is 0 Å². The van der Waals surface area contributed by atoms with Crippen molar-refractivity contribution in [1.82, 2.24) is 0 Å². The van der Waals surface area contributed by atoms with Crippen LogP contribution in [0.3, 0.4) is 0 Å². The molecule has 0 saturated heterocycles. The molecule has 3 aromatic rings. The number of benzene rings is 3. The SMILES string of the molecule is CCCCO[Si](C#Cc1ccccc1)(C#Cc1ccccc1)C#Cc1ccccc1. The van der Waals surface area contributed by atoms with E-state index in [0.29, 0.717) is 6.61 Å². The van der Waals surface area contributed by atoms with Gasteiger partial charge in [0.15, 0.2) is 0 Å². The Labute approximate surface area is 181 Å². The van der Waals surface area contributed by atoms with Gasteiger partial charge in [-0.25, -0.2) is 0 Å². The molecule has 0 bridgehead atoms. The monoisotopic (exact) mass is 404 g/mol. The van der Waals surface area contributed by atoms with Gasteiger partial charge in [0.2, 0.25) is 0 Å². The molecular formula is C28H24OSi. The van der Waals surface area contributed by atoms with Gasteiger partial charge in [0.25, 0.3) is 0 Å². The second-order valence-electron chi connectivity index (χ2n) is 6.73. The first-order valence-corrected chi connectivity index (χ1v) is 12.1. The van der Waals surface area contributed by atoms with E-state index in [-0.39, 0.29) is 0 Å². The van der Waals surface area contributed by atoms with Gasteiger partial charge in [-0.1, -0.05) is 102 Å². The van der Waals surface area contributed by atoms with Gasteiger partial charge in [-0.15, -0.1) is 0 Å². The van der Waals surface area contributed by atoms with E-state index < -0.39 is 8.32 Å². The molecule has 0 heterocycles. The Morgan fingerprint density at radius 3 is 1.30 bits per heavy atom. The van der Waals surface area contributed by atoms with Crippen molar-refractivity contribution in [3.63, 3.8) is 0 Å². The fourth-order valence-electron chi connectivity index (χ4n) is 2.62. The maximum Gasteiger partial charge on any atom is 0.438 e. The molecular weight excluding hydrogens is 380 g/mol. The summed E-state index contributed by atoms with van der Waals surface area (Å²) in [5.41, 5.74) is 12.9. The molecule has 146 valence electrons. The molecule has 0 aliphatic rings. The van der Waals surface area contributed by atoms with Crippen LogP contribution in [0.1, 0.15) is 36.5 Å². The zero-order chi connectivity index (χ0) is 20.9. The molecule has 0 amide bonds. The van der Waals surface area contributed by atoms with Gasteiger partial charge in [-0.05, 0) is 42.8 Å². The first-order chi connectivity index (χ1) is 14.8. The number of hydrogen-bond donors (Lipinski definition) is 0. The quantitative estimate of drug-likeness (QED) is 0.316. The van der Waals surface area contributed by atoms with Crippen LogP contribution in [-0.2, 0) is 4.43 Å². The lowest BCUT2D eigenvalue weighted by atomic mass is 10.2. The smallest absolute Gasteiger partial charge is 0.388 e. The number of rotatable bonds is 4. The molecule has 0 aliphatic heterocycles. The minimum absolute atomic E-state index is 0.610. The number of unbranched alkanes of at least 4 members (excludes halogenated alkanes) is 1. The van der Waals surface area contributed by atoms with E-state index in [4.69, 9.17) is 4.43 Å². The Morgan fingerprint density at radius 1 is 0.600 bits per heavy atom. The van der Waals surface area contributed by atoms with Crippen molar-refractivity contribution in [3.8, 4) is 34.4 Å². The van der Waals surface area contributed by atoms with Gasteiger partial charge in [0.1, 0.15) is 0 Å². The maximum absolute atomic E-state index is 6.35. The summed E-state index contributed by atoms with van der Waals surface area (Å²) in [5.74, 6) is 9.80. The van der Waals surface area contributed by atoms with E-state index >= 15 is 0 Å². The highest BCUT2D eigenvalue weighted by molar-refractivity contribution is 6.95. The third kappa shape index (κ3) is 6.84. The lowest BCUT2D eigenvalue weighted by Gasteiger charge is -2.14. The summed E-state index contributed by atoms with van der Waals surface area (Å²) in [6, 6.07) is 29.8. The average Bonchev–Trinajstić information content (AvgIpc) is 2.82. The van der Waals surface area contributed by atoms with E-state index in [9.17, 15) is 0 Å². The predicted molar refractivity (Wildman–Crippen MR) is 127 cm³/mol. The Hall–Kier alpha value is -3.48. The van der Waals surface area contributed by atoms with Gasteiger partial charge in [0, 0.05) is 23.3 Å². The Kier molecular flexibility index (Phi) is 8.14. The van der Waals surface area contributed by atoms with E-state index in [2.05, 4.69) is 41.3 Å². The molecule has 30 heavy (non-hydrogen) atoms. The van der Waals surface area contributed by atoms with E-state index in [1.165, 1.54) is 0 Å². The topological polar surface area (TPSA) is 9.23 Å². The molecule has 0 spiro atoms. The first kappa shape index (κ1) is 21.2. The van der Waals surface area contributed by atoms with E-state index in [0.717, 1.165) is 29.5 Å². The van der Waals surface area contributed by atoms with Crippen LogP contribution < -0.4 is 0 Å². The van der Waals surface area contributed by atoms with Crippen LogP contribution in [0.15, 0.2) is 91.0 Å². The Balaban J connectivity index is 2.06. The summed E-state index contributed by atoms with van der Waals surface area (Å²) in [5, 5.41) is 0. The average molecular weight is 405 g/mol. The summed E-state index contributed by atoms with van der Waals surface area (Å²) < 4.78 is 6.35. The second kappa shape index (κ2) is 11.5. The van der Waals surface area contributed by atoms with Crippen LogP contribution in [0.4, 0.5) is 0 Å². The zero-order valence-corrected chi connectivity index (χ0v) is 18.2. The molecule has 0 N–H and O–H groups in total. The van der Waals surface area contributed by atoms with Gasteiger partial charge < -0.3 is 4.43 Å². The van der Waals surface area contributed by atoms with Crippen molar-refractivity contribution in [2.45, 2.75) is 19.8 Å². The highest BCUT2D eigenvalue weighted by atomic mass is 28.4. The molecule has 0 radical (unpaired) electrons. The molecule has 3 rings (SSSR count). The highest BCUT2D eigenvalue weighted by Crippen LogP contribution is 2.08. The number of hydrogen-bond acceptors (Lipinski definition) is 1. The molecule has 0 saturated carbocycles. The Bertz CT molecular complexity index is 963. The van der Waals surface area contributed by atoms with E-state index in [1.54, 1.807) is 0 Å². The highest BCUT2D eigenvalue weighted by Gasteiger charge is 2.30. The molecule has 0 fully saturated rings. The zero-order valence-electron chi connectivity index (χ0n) is 17.2. The van der Waals surface area contributed by atoms with Crippen LogP contribution in [-0.4, -0.2) is 14.9 Å². The van der Waals surface area contributed by atoms with Crippen LogP contribution in [0.25, 0.3) is 0 Å². The lowest BCUT2D eigenvalue weighted by molar-refractivity contribution is 0.316. The van der Waals surface area contributed by atoms with Gasteiger partial charge >= 0.3 is 8.32 Å². The predicted octanol–water partition coefficient (Wildman–Crippen LogP) is 5.52. The van der Waals surface area contributed by atoms with Crippen molar-refractivity contribution >= 4 is 8.32 Å². The first-order valence-electron chi connectivity index (χ1n) is 10.2. The standard InChI is InChI=1S/C28H24OSi/c1-2-3-22-29-30(23-19-26-13-7-4-8-14-26,24-20-27-15-9-5-10-16-27)25-21-28-17-11-6-12-18-28/h4-18H,2-3,22H2,1H3. The van der Waals surface area contributed by atoms with Crippen molar-refractivity contribution in [2.24, 2.45) is 0 Å². The van der Waals surface area contributed by atoms with Crippen molar-refractivity contribution in [2.75, 3.05) is 6.61 Å². The summed E-state index contributed by atoms with van der Waals surface area (Å²) in [6.07, 6.45) is 2.01. The molecule has 2 heteroatoms. The van der Waals surface area contributed by atoms with Crippen LogP contribution in [0, 0.1) is 34.4 Å². The van der Waals surface area contributed by atoms with Crippen LogP contribution in [0.5, 0.6) is 0 Å². The normalized spacial score (nSPS) is 9.90. The van der Waals surface area contributed by atoms with Crippen molar-refractivity contribution < 1.29 is 4.43 Å². The summed E-state index contributed by atoms with van der Waals surface area (Å²) >= 11 is 0. The summed E-state index contributed by atoms with van der Waals surface area (Å²) in [4.78, 5) is 0. The Morgan fingerprint density at radius 2 is 0.967 bits per heavy atom. The maximum atomic E-state index is 6.35. The van der Waals surface area contributed by atoms with Gasteiger partial charge in [0.05, 0.1) is 0 Å². The molecule has 0 atom stereocenters. The third-order valence-electron chi connectivity index (χ3n) is 4.29. The van der Waals surface area contributed by atoms with E-state index in [1.807, 2.05) is 91.0 Å².